The number of nitrogens with one attached hydrogen (secondary N) is 2. The molecular formula is C26H22Cl2N4O. The van der Waals surface area contributed by atoms with Gasteiger partial charge in [0.15, 0.2) is 11.0 Å². The van der Waals surface area contributed by atoms with Gasteiger partial charge in [0.2, 0.25) is 0 Å². The van der Waals surface area contributed by atoms with Crippen molar-refractivity contribution in [2.75, 3.05) is 11.9 Å². The van der Waals surface area contributed by atoms with Gasteiger partial charge in [-0.3, -0.25) is 0 Å². The van der Waals surface area contributed by atoms with Crippen molar-refractivity contribution in [3.63, 3.8) is 0 Å². The van der Waals surface area contributed by atoms with Crippen LogP contribution in [0.15, 0.2) is 60.8 Å². The van der Waals surface area contributed by atoms with Crippen LogP contribution in [0.3, 0.4) is 0 Å². The molecule has 0 bridgehead atoms. The summed E-state index contributed by atoms with van der Waals surface area (Å²) in [6.45, 7) is 4.69. The lowest BCUT2D eigenvalue weighted by molar-refractivity contribution is 0.340. The molecule has 0 saturated heterocycles. The lowest BCUT2D eigenvalue weighted by Crippen LogP contribution is -2.02. The van der Waals surface area contributed by atoms with E-state index < -0.39 is 0 Å². The molecule has 0 amide bonds. The topological polar surface area (TPSA) is 62.8 Å². The highest BCUT2D eigenvalue weighted by Crippen LogP contribution is 2.38. The third-order valence-corrected chi connectivity index (χ3v) is 6.33. The number of H-pyrrole nitrogens is 1. The zero-order chi connectivity index (χ0) is 22.9. The van der Waals surface area contributed by atoms with E-state index in [1.54, 1.807) is 0 Å². The first kappa shape index (κ1) is 21.6. The zero-order valence-corrected chi connectivity index (χ0v) is 19.8. The maximum atomic E-state index is 6.71. The van der Waals surface area contributed by atoms with Crippen LogP contribution >= 0.6 is 23.2 Å². The highest BCUT2D eigenvalue weighted by molar-refractivity contribution is 6.42. The highest BCUT2D eigenvalue weighted by Gasteiger charge is 2.17. The lowest BCUT2D eigenvalue weighted by atomic mass is 9.96. The molecule has 0 atom stereocenters. The number of nitrogens with zero attached hydrogens (tertiary/aromatic N) is 2. The molecule has 0 aliphatic carbocycles. The van der Waals surface area contributed by atoms with E-state index in [9.17, 15) is 0 Å². The average Bonchev–Trinajstić information content (AvgIpc) is 3.28. The molecule has 0 spiro atoms. The Balaban J connectivity index is 1.57. The fourth-order valence-electron chi connectivity index (χ4n) is 4.12. The van der Waals surface area contributed by atoms with Crippen molar-refractivity contribution in [1.82, 2.24) is 15.2 Å². The van der Waals surface area contributed by atoms with Crippen molar-refractivity contribution in [3.05, 3.63) is 87.7 Å². The summed E-state index contributed by atoms with van der Waals surface area (Å²) in [5, 5.41) is 15.5. The van der Waals surface area contributed by atoms with Crippen LogP contribution in [-0.4, -0.2) is 21.8 Å². The van der Waals surface area contributed by atoms with Crippen LogP contribution in [0.4, 0.5) is 11.5 Å². The SMILES string of the molecule is CCOc1ccc(Cc2cc(Cl)c3c(Cl)nnc(Nc4ccc5[nH]ccc5c4)c3c2C)cc1. The second-order valence-corrected chi connectivity index (χ2v) is 8.66. The standard InChI is InChI=1S/C26H22Cl2N4O/c1-3-33-20-7-4-16(5-8-20)12-18-14-21(27)24-23(15(18)2)26(32-31-25(24)28)30-19-6-9-22-17(13-19)10-11-29-22/h4-11,13-14,29H,3,12H2,1-2H3,(H,30,32). The number of hydrogen-bond donors (Lipinski definition) is 2. The Hall–Kier alpha value is -3.28. The summed E-state index contributed by atoms with van der Waals surface area (Å²) in [5.74, 6) is 1.49. The highest BCUT2D eigenvalue weighted by atomic mass is 35.5. The second kappa shape index (κ2) is 8.93. The number of rotatable bonds is 6. The summed E-state index contributed by atoms with van der Waals surface area (Å²) in [7, 11) is 0. The molecule has 0 unspecified atom stereocenters. The molecule has 166 valence electrons. The molecule has 0 saturated carbocycles. The summed E-state index contributed by atoms with van der Waals surface area (Å²) >= 11 is 13.1. The zero-order valence-electron chi connectivity index (χ0n) is 18.2. The second-order valence-electron chi connectivity index (χ2n) is 7.89. The third-order valence-electron chi connectivity index (χ3n) is 5.77. The van der Waals surface area contributed by atoms with Crippen LogP contribution in [0.25, 0.3) is 21.7 Å². The first-order valence-corrected chi connectivity index (χ1v) is 11.5. The fraction of sp³-hybridized carbons (Fsp3) is 0.154. The average molecular weight is 477 g/mol. The number of hydrogen-bond acceptors (Lipinski definition) is 4. The molecule has 0 aliphatic heterocycles. The van der Waals surface area contributed by atoms with Crippen LogP contribution in [-0.2, 0) is 6.42 Å². The fourth-order valence-corrected chi connectivity index (χ4v) is 4.72. The number of aromatic nitrogens is 3. The van der Waals surface area contributed by atoms with Crippen LogP contribution in [0.5, 0.6) is 5.75 Å². The monoisotopic (exact) mass is 476 g/mol. The van der Waals surface area contributed by atoms with E-state index in [4.69, 9.17) is 27.9 Å². The van der Waals surface area contributed by atoms with Gasteiger partial charge in [-0.15, -0.1) is 10.2 Å². The molecule has 0 radical (unpaired) electrons. The Morgan fingerprint density at radius 1 is 0.970 bits per heavy atom. The number of benzene rings is 3. The minimum Gasteiger partial charge on any atom is -0.494 e. The van der Waals surface area contributed by atoms with Gasteiger partial charge >= 0.3 is 0 Å². The molecule has 0 fully saturated rings. The minimum atomic E-state index is 0.289. The van der Waals surface area contributed by atoms with E-state index in [1.165, 1.54) is 0 Å². The lowest BCUT2D eigenvalue weighted by Gasteiger charge is -2.16. The summed E-state index contributed by atoms with van der Waals surface area (Å²) in [4.78, 5) is 3.21. The predicted molar refractivity (Wildman–Crippen MR) is 136 cm³/mol. The number of anilines is 2. The van der Waals surface area contributed by atoms with Gasteiger partial charge in [-0.1, -0.05) is 35.3 Å². The summed E-state index contributed by atoms with van der Waals surface area (Å²) in [6.07, 6.45) is 2.64. The molecule has 3 aromatic carbocycles. The summed E-state index contributed by atoms with van der Waals surface area (Å²) in [6, 6.07) is 18.2. The number of aromatic amines is 1. The molecule has 2 heterocycles. The molecule has 0 aliphatic rings. The minimum absolute atomic E-state index is 0.289. The van der Waals surface area contributed by atoms with Gasteiger partial charge in [0.05, 0.1) is 11.6 Å². The van der Waals surface area contributed by atoms with E-state index in [0.717, 1.165) is 50.8 Å². The van der Waals surface area contributed by atoms with Gasteiger partial charge in [-0.2, -0.15) is 0 Å². The molecule has 5 aromatic rings. The van der Waals surface area contributed by atoms with Gasteiger partial charge in [-0.05, 0) is 79.4 Å². The molecule has 5 rings (SSSR count). The Kier molecular flexibility index (Phi) is 5.83. The van der Waals surface area contributed by atoms with Crippen LogP contribution in [0, 0.1) is 6.92 Å². The van der Waals surface area contributed by atoms with Crippen LogP contribution in [0.1, 0.15) is 23.6 Å². The van der Waals surface area contributed by atoms with Crippen LogP contribution < -0.4 is 10.1 Å². The van der Waals surface area contributed by atoms with Crippen molar-refractivity contribution in [2.45, 2.75) is 20.3 Å². The normalized spacial score (nSPS) is 11.3. The Morgan fingerprint density at radius 3 is 2.58 bits per heavy atom. The van der Waals surface area contributed by atoms with Gasteiger partial charge in [0.1, 0.15) is 5.75 Å². The summed E-state index contributed by atoms with van der Waals surface area (Å²) in [5.41, 5.74) is 5.31. The number of halogens is 2. The van der Waals surface area contributed by atoms with Crippen molar-refractivity contribution in [2.24, 2.45) is 0 Å². The largest absolute Gasteiger partial charge is 0.494 e. The molecule has 5 nitrogen and oxygen atoms in total. The van der Waals surface area contributed by atoms with E-state index in [0.29, 0.717) is 22.8 Å². The number of aryl methyl sites for hydroxylation is 1. The van der Waals surface area contributed by atoms with Crippen LogP contribution in [0.2, 0.25) is 10.2 Å². The van der Waals surface area contributed by atoms with E-state index in [-0.39, 0.29) is 5.15 Å². The molecular weight excluding hydrogens is 455 g/mol. The van der Waals surface area contributed by atoms with Crippen molar-refractivity contribution >= 4 is 56.4 Å². The van der Waals surface area contributed by atoms with Gasteiger partial charge in [-0.25, -0.2) is 0 Å². The molecule has 2 N–H and O–H groups in total. The maximum absolute atomic E-state index is 6.71. The first-order valence-electron chi connectivity index (χ1n) is 10.7. The third kappa shape index (κ3) is 4.22. The van der Waals surface area contributed by atoms with Crippen molar-refractivity contribution < 1.29 is 4.74 Å². The maximum Gasteiger partial charge on any atom is 0.161 e. The van der Waals surface area contributed by atoms with Crippen molar-refractivity contribution in [1.29, 1.82) is 0 Å². The quantitative estimate of drug-likeness (QED) is 0.267. The first-order chi connectivity index (χ1) is 16.0. The van der Waals surface area contributed by atoms with Gasteiger partial charge < -0.3 is 15.0 Å². The van der Waals surface area contributed by atoms with Gasteiger partial charge in [0.25, 0.3) is 0 Å². The molecule has 7 heteroatoms. The van der Waals surface area contributed by atoms with E-state index in [2.05, 4.69) is 45.6 Å². The Labute approximate surface area is 201 Å². The Bertz CT molecular complexity index is 1460. The number of fused-ring (bicyclic) bond motifs is 2. The Morgan fingerprint density at radius 2 is 1.79 bits per heavy atom. The van der Waals surface area contributed by atoms with E-state index >= 15 is 0 Å². The molecule has 2 aromatic heterocycles. The number of ether oxygens (including phenoxy) is 1. The molecule has 33 heavy (non-hydrogen) atoms. The summed E-state index contributed by atoms with van der Waals surface area (Å²) < 4.78 is 5.56. The van der Waals surface area contributed by atoms with Gasteiger partial charge in [0, 0.05) is 33.6 Å². The van der Waals surface area contributed by atoms with E-state index in [1.807, 2.05) is 49.5 Å². The van der Waals surface area contributed by atoms with Crippen molar-refractivity contribution in [3.8, 4) is 5.75 Å². The smallest absolute Gasteiger partial charge is 0.161 e. The predicted octanol–water partition coefficient (Wildman–Crippen LogP) is 7.46.